The smallest absolute Gasteiger partial charge is 0.135 e. The van der Waals surface area contributed by atoms with Crippen molar-refractivity contribution in [2.75, 3.05) is 11.9 Å². The number of aromatic nitrogens is 1. The fraction of sp³-hybridized carbons (Fsp3) is 0.182. The van der Waals surface area contributed by atoms with Gasteiger partial charge in [0.1, 0.15) is 18.2 Å². The molecule has 0 saturated carbocycles. The molecular formula is C22H23N3O. The number of benzene rings is 2. The number of anilines is 1. The van der Waals surface area contributed by atoms with Crippen molar-refractivity contribution in [1.82, 2.24) is 4.98 Å². The molecule has 0 aliphatic rings. The fourth-order valence-corrected chi connectivity index (χ4v) is 2.61. The van der Waals surface area contributed by atoms with Crippen LogP contribution in [0.4, 0.5) is 5.82 Å². The molecule has 0 radical (unpaired) electrons. The molecular weight excluding hydrogens is 322 g/mol. The summed E-state index contributed by atoms with van der Waals surface area (Å²) in [4.78, 5) is 4.37. The summed E-state index contributed by atoms with van der Waals surface area (Å²) in [5.41, 5.74) is 3.22. The van der Waals surface area contributed by atoms with E-state index in [4.69, 9.17) is 10.1 Å². The van der Waals surface area contributed by atoms with Crippen molar-refractivity contribution in [3.05, 3.63) is 89.6 Å². The standard InChI is InChI=1S/C22H23N3O/c1-2-14-24-22-20(9-6-15-25-22)21(23)18-10-12-19(13-11-18)26-16-17-7-4-3-5-8-17/h3-13,15,23H,2,14,16H2,1H3,(H,24,25). The Labute approximate surface area is 154 Å². The molecule has 132 valence electrons. The summed E-state index contributed by atoms with van der Waals surface area (Å²) in [6.07, 6.45) is 2.76. The third-order valence-electron chi connectivity index (χ3n) is 4.01. The molecule has 2 aromatic carbocycles. The molecule has 2 N–H and O–H groups in total. The zero-order chi connectivity index (χ0) is 18.2. The maximum atomic E-state index is 8.53. The van der Waals surface area contributed by atoms with E-state index in [1.54, 1.807) is 6.20 Å². The second-order valence-corrected chi connectivity index (χ2v) is 6.00. The van der Waals surface area contributed by atoms with Crippen LogP contribution in [0.25, 0.3) is 0 Å². The van der Waals surface area contributed by atoms with Crippen LogP contribution < -0.4 is 10.1 Å². The van der Waals surface area contributed by atoms with Gasteiger partial charge in [0.2, 0.25) is 0 Å². The molecule has 4 heteroatoms. The van der Waals surface area contributed by atoms with Crippen LogP contribution in [0, 0.1) is 5.41 Å². The third-order valence-corrected chi connectivity index (χ3v) is 4.01. The fourth-order valence-electron chi connectivity index (χ4n) is 2.61. The van der Waals surface area contributed by atoms with Crippen molar-refractivity contribution in [2.45, 2.75) is 20.0 Å². The zero-order valence-corrected chi connectivity index (χ0v) is 14.9. The van der Waals surface area contributed by atoms with Crippen LogP contribution in [0.15, 0.2) is 72.9 Å². The second kappa shape index (κ2) is 8.81. The molecule has 0 bridgehead atoms. The zero-order valence-electron chi connectivity index (χ0n) is 14.9. The van der Waals surface area contributed by atoms with E-state index < -0.39 is 0 Å². The third kappa shape index (κ3) is 4.48. The van der Waals surface area contributed by atoms with Crippen LogP contribution >= 0.6 is 0 Å². The first-order valence-electron chi connectivity index (χ1n) is 8.83. The number of hydrogen-bond acceptors (Lipinski definition) is 4. The molecule has 3 aromatic rings. The number of hydrogen-bond donors (Lipinski definition) is 2. The van der Waals surface area contributed by atoms with Crippen LogP contribution in [-0.2, 0) is 6.61 Å². The molecule has 4 nitrogen and oxygen atoms in total. The Kier molecular flexibility index (Phi) is 5.99. The van der Waals surface area contributed by atoms with Crippen LogP contribution in [0.2, 0.25) is 0 Å². The summed E-state index contributed by atoms with van der Waals surface area (Å²) < 4.78 is 5.81. The van der Waals surface area contributed by atoms with Gasteiger partial charge in [-0.05, 0) is 48.4 Å². The summed E-state index contributed by atoms with van der Waals surface area (Å²) in [5, 5.41) is 11.8. The lowest BCUT2D eigenvalue weighted by Crippen LogP contribution is -2.10. The van der Waals surface area contributed by atoms with Gasteiger partial charge in [-0.3, -0.25) is 5.41 Å². The Hall–Kier alpha value is -3.14. The minimum atomic E-state index is 0.450. The number of nitrogens with zero attached hydrogens (tertiary/aromatic N) is 1. The van der Waals surface area contributed by atoms with Crippen LogP contribution in [-0.4, -0.2) is 17.2 Å². The lowest BCUT2D eigenvalue weighted by Gasteiger charge is -2.12. The average Bonchev–Trinajstić information content (AvgIpc) is 2.71. The number of rotatable bonds is 8. The topological polar surface area (TPSA) is 58.0 Å². The minimum absolute atomic E-state index is 0.450. The maximum absolute atomic E-state index is 8.53. The number of nitrogens with one attached hydrogen (secondary N) is 2. The lowest BCUT2D eigenvalue weighted by molar-refractivity contribution is 0.306. The minimum Gasteiger partial charge on any atom is -0.489 e. The molecule has 0 spiro atoms. The highest BCUT2D eigenvalue weighted by Gasteiger charge is 2.11. The van der Waals surface area contributed by atoms with Crippen LogP contribution in [0.5, 0.6) is 5.75 Å². The van der Waals surface area contributed by atoms with E-state index in [1.807, 2.05) is 66.7 Å². The SMILES string of the molecule is CCCNc1ncccc1C(=N)c1ccc(OCc2ccccc2)cc1. The highest BCUT2D eigenvalue weighted by molar-refractivity contribution is 6.13. The van der Waals surface area contributed by atoms with Gasteiger partial charge in [-0.1, -0.05) is 37.3 Å². The first-order chi connectivity index (χ1) is 12.8. The van der Waals surface area contributed by atoms with Gasteiger partial charge in [0.05, 0.1) is 5.71 Å². The second-order valence-electron chi connectivity index (χ2n) is 6.00. The molecule has 0 fully saturated rings. The van der Waals surface area contributed by atoms with Gasteiger partial charge in [0.15, 0.2) is 0 Å². The van der Waals surface area contributed by atoms with Gasteiger partial charge in [-0.15, -0.1) is 0 Å². The molecule has 0 aliphatic carbocycles. The number of pyridine rings is 1. The Morgan fingerprint density at radius 2 is 1.77 bits per heavy atom. The van der Waals surface area contributed by atoms with E-state index in [-0.39, 0.29) is 0 Å². The quantitative estimate of drug-likeness (QED) is 0.571. The summed E-state index contributed by atoms with van der Waals surface area (Å²) in [5.74, 6) is 1.55. The Morgan fingerprint density at radius 3 is 2.50 bits per heavy atom. The Morgan fingerprint density at radius 1 is 1.00 bits per heavy atom. The Balaban J connectivity index is 1.69. The van der Waals surface area contributed by atoms with E-state index >= 15 is 0 Å². The van der Waals surface area contributed by atoms with Crippen molar-refractivity contribution in [3.63, 3.8) is 0 Å². The van der Waals surface area contributed by atoms with Gasteiger partial charge < -0.3 is 10.1 Å². The molecule has 1 heterocycles. The van der Waals surface area contributed by atoms with Crippen molar-refractivity contribution in [3.8, 4) is 5.75 Å². The van der Waals surface area contributed by atoms with Crippen molar-refractivity contribution >= 4 is 11.5 Å². The van der Waals surface area contributed by atoms with E-state index in [0.717, 1.165) is 41.2 Å². The van der Waals surface area contributed by atoms with Crippen molar-refractivity contribution in [2.24, 2.45) is 0 Å². The van der Waals surface area contributed by atoms with Gasteiger partial charge in [0.25, 0.3) is 0 Å². The van der Waals surface area contributed by atoms with Gasteiger partial charge in [0, 0.05) is 23.9 Å². The molecule has 0 unspecified atom stereocenters. The molecule has 0 atom stereocenters. The largest absolute Gasteiger partial charge is 0.489 e. The predicted molar refractivity (Wildman–Crippen MR) is 106 cm³/mol. The van der Waals surface area contributed by atoms with Gasteiger partial charge in [-0.2, -0.15) is 0 Å². The van der Waals surface area contributed by atoms with E-state index in [2.05, 4.69) is 17.2 Å². The average molecular weight is 345 g/mol. The van der Waals surface area contributed by atoms with E-state index in [9.17, 15) is 0 Å². The molecule has 0 amide bonds. The van der Waals surface area contributed by atoms with Crippen molar-refractivity contribution in [1.29, 1.82) is 5.41 Å². The molecule has 26 heavy (non-hydrogen) atoms. The van der Waals surface area contributed by atoms with Gasteiger partial charge >= 0.3 is 0 Å². The summed E-state index contributed by atoms with van der Waals surface area (Å²) >= 11 is 0. The molecule has 1 aromatic heterocycles. The van der Waals surface area contributed by atoms with Crippen LogP contribution in [0.1, 0.15) is 30.0 Å². The normalized spacial score (nSPS) is 10.3. The summed E-state index contributed by atoms with van der Waals surface area (Å²) in [6, 6.07) is 21.5. The molecule has 0 aliphatic heterocycles. The first kappa shape index (κ1) is 17.7. The Bertz CT molecular complexity index is 845. The molecule has 3 rings (SSSR count). The lowest BCUT2D eigenvalue weighted by atomic mass is 10.0. The monoisotopic (exact) mass is 345 g/mol. The molecule has 0 saturated heterocycles. The summed E-state index contributed by atoms with van der Waals surface area (Å²) in [6.45, 7) is 3.48. The maximum Gasteiger partial charge on any atom is 0.135 e. The predicted octanol–water partition coefficient (Wildman–Crippen LogP) is 4.90. The van der Waals surface area contributed by atoms with Crippen molar-refractivity contribution < 1.29 is 4.74 Å². The van der Waals surface area contributed by atoms with Crippen LogP contribution in [0.3, 0.4) is 0 Å². The van der Waals surface area contributed by atoms with Gasteiger partial charge in [-0.25, -0.2) is 4.98 Å². The first-order valence-corrected chi connectivity index (χ1v) is 8.83. The van der Waals surface area contributed by atoms with E-state index in [1.165, 1.54) is 0 Å². The number of ether oxygens (including phenoxy) is 1. The highest BCUT2D eigenvalue weighted by atomic mass is 16.5. The summed E-state index contributed by atoms with van der Waals surface area (Å²) in [7, 11) is 0. The highest BCUT2D eigenvalue weighted by Crippen LogP contribution is 2.20. The van der Waals surface area contributed by atoms with E-state index in [0.29, 0.717) is 12.3 Å².